The van der Waals surface area contributed by atoms with E-state index in [4.69, 9.17) is 0 Å². The number of alkyl halides is 3. The van der Waals surface area contributed by atoms with E-state index < -0.39 is 18.6 Å². The number of nitrogens with one attached hydrogen (secondary N) is 1. The van der Waals surface area contributed by atoms with Crippen molar-refractivity contribution in [3.05, 3.63) is 35.6 Å². The highest BCUT2D eigenvalue weighted by Crippen LogP contribution is 2.33. The number of hydrogen-bond donors (Lipinski definition) is 1. The van der Waals surface area contributed by atoms with E-state index in [9.17, 15) is 18.0 Å². The van der Waals surface area contributed by atoms with Crippen molar-refractivity contribution in [1.29, 1.82) is 0 Å². The van der Waals surface area contributed by atoms with Crippen LogP contribution in [0.25, 0.3) is 21.6 Å². The molecule has 1 aliphatic carbocycles. The number of amides is 1. The van der Waals surface area contributed by atoms with Gasteiger partial charge in [-0.15, -0.1) is 11.3 Å². The number of aromatic amines is 1. The average molecular weight is 382 g/mol. The normalized spacial score (nSPS) is 14.7. The van der Waals surface area contributed by atoms with Crippen LogP contribution in [0.4, 0.5) is 13.2 Å². The summed E-state index contributed by atoms with van der Waals surface area (Å²) < 4.78 is 38.5. The molecule has 1 saturated carbocycles. The molecule has 3 aromatic heterocycles. The van der Waals surface area contributed by atoms with Gasteiger partial charge in [0.05, 0.1) is 0 Å². The number of thiazole rings is 1. The third-order valence-electron chi connectivity index (χ3n) is 4.25. The summed E-state index contributed by atoms with van der Waals surface area (Å²) in [5, 5.41) is 2.96. The number of carbonyl (C=O) groups excluding carboxylic acids is 1. The summed E-state index contributed by atoms with van der Waals surface area (Å²) >= 11 is 1.24. The van der Waals surface area contributed by atoms with E-state index in [0.29, 0.717) is 10.7 Å². The summed E-state index contributed by atoms with van der Waals surface area (Å²) in [6, 6.07) is 3.63. The number of pyridine rings is 1. The largest absolute Gasteiger partial charge is 0.406 e. The molecular weight excluding hydrogens is 365 g/mol. The fraction of sp³-hybridized carbons (Fsp3) is 0.353. The second-order valence-electron chi connectivity index (χ2n) is 6.38. The molecule has 0 aromatic carbocycles. The number of rotatable bonds is 5. The standard InChI is InChI=1S/C17H15F3N4OS.H2/c18-17(19,20)9-24(7-10-1-2-10)16(25)13-8-26-15(23-13)12-4-6-22-14-11(12)3-5-21-14;/h3-6,8,10H,1-2,7,9H2,(H,21,22);1H. The van der Waals surface area contributed by atoms with E-state index >= 15 is 0 Å². The maximum absolute atomic E-state index is 12.8. The Hall–Kier alpha value is -2.42. The lowest BCUT2D eigenvalue weighted by Gasteiger charge is -2.23. The Morgan fingerprint density at radius 2 is 2.19 bits per heavy atom. The molecule has 9 heteroatoms. The molecule has 3 heterocycles. The maximum atomic E-state index is 12.8. The molecule has 0 spiro atoms. The van der Waals surface area contributed by atoms with Crippen molar-refractivity contribution < 1.29 is 19.4 Å². The van der Waals surface area contributed by atoms with Gasteiger partial charge in [-0.3, -0.25) is 4.79 Å². The van der Waals surface area contributed by atoms with Gasteiger partial charge in [0.1, 0.15) is 22.9 Å². The number of aromatic nitrogens is 3. The van der Waals surface area contributed by atoms with Gasteiger partial charge in [-0.05, 0) is 30.9 Å². The Bertz CT molecular complexity index is 951. The van der Waals surface area contributed by atoms with Crippen molar-refractivity contribution in [2.75, 3.05) is 13.1 Å². The summed E-state index contributed by atoms with van der Waals surface area (Å²) in [7, 11) is 0. The second-order valence-corrected chi connectivity index (χ2v) is 7.24. The summed E-state index contributed by atoms with van der Waals surface area (Å²) in [5.74, 6) is -0.504. The van der Waals surface area contributed by atoms with Crippen LogP contribution in [0.1, 0.15) is 24.8 Å². The van der Waals surface area contributed by atoms with Crippen molar-refractivity contribution in [3.8, 4) is 10.6 Å². The smallest absolute Gasteiger partial charge is 0.346 e. The monoisotopic (exact) mass is 382 g/mol. The van der Waals surface area contributed by atoms with Crippen LogP contribution in [0.3, 0.4) is 0 Å². The SMILES string of the molecule is O=C(c1csc(-c2ccnc3[nH]ccc23)n1)N(CC1CC1)CC(F)(F)F.[HH]. The van der Waals surface area contributed by atoms with Crippen molar-refractivity contribution in [3.63, 3.8) is 0 Å². The average Bonchev–Trinajstić information content (AvgIpc) is 3.09. The Labute approximate surface area is 152 Å². The van der Waals surface area contributed by atoms with Gasteiger partial charge < -0.3 is 9.88 Å². The van der Waals surface area contributed by atoms with E-state index in [1.165, 1.54) is 16.7 Å². The number of carbonyl (C=O) groups is 1. The van der Waals surface area contributed by atoms with E-state index in [-0.39, 0.29) is 19.6 Å². The first-order chi connectivity index (χ1) is 12.4. The van der Waals surface area contributed by atoms with Crippen molar-refractivity contribution in [1.82, 2.24) is 19.9 Å². The third kappa shape index (κ3) is 3.57. The van der Waals surface area contributed by atoms with Gasteiger partial charge in [0.2, 0.25) is 0 Å². The molecule has 0 atom stereocenters. The molecule has 138 valence electrons. The van der Waals surface area contributed by atoms with Gasteiger partial charge in [-0.1, -0.05) is 0 Å². The molecule has 1 amide bonds. The summed E-state index contributed by atoms with van der Waals surface area (Å²) in [6.45, 7) is -1.12. The van der Waals surface area contributed by atoms with E-state index in [1.807, 2.05) is 6.07 Å². The Morgan fingerprint density at radius 3 is 2.92 bits per heavy atom. The van der Waals surface area contributed by atoms with Crippen LogP contribution in [-0.4, -0.2) is 45.0 Å². The predicted octanol–water partition coefficient (Wildman–Crippen LogP) is 4.35. The molecule has 3 aromatic rings. The van der Waals surface area contributed by atoms with Crippen LogP contribution in [0.5, 0.6) is 0 Å². The van der Waals surface area contributed by atoms with Crippen LogP contribution < -0.4 is 0 Å². The molecule has 5 nitrogen and oxygen atoms in total. The van der Waals surface area contributed by atoms with E-state index in [0.717, 1.165) is 28.7 Å². The number of hydrogen-bond acceptors (Lipinski definition) is 4. The first-order valence-corrected chi connectivity index (χ1v) is 9.03. The van der Waals surface area contributed by atoms with Gasteiger partial charge in [0.15, 0.2) is 0 Å². The molecule has 1 fully saturated rings. The van der Waals surface area contributed by atoms with Crippen molar-refractivity contribution >= 4 is 28.3 Å². The summed E-state index contributed by atoms with van der Waals surface area (Å²) in [6.07, 6.45) is 0.687. The van der Waals surface area contributed by atoms with Gasteiger partial charge in [0, 0.05) is 36.7 Å². The number of H-pyrrole nitrogens is 1. The van der Waals surface area contributed by atoms with Gasteiger partial charge in [-0.2, -0.15) is 13.2 Å². The molecule has 0 saturated heterocycles. The van der Waals surface area contributed by atoms with Crippen molar-refractivity contribution in [2.45, 2.75) is 19.0 Å². The number of nitrogens with zero attached hydrogens (tertiary/aromatic N) is 3. The zero-order valence-corrected chi connectivity index (χ0v) is 14.4. The zero-order chi connectivity index (χ0) is 18.3. The Kier molecular flexibility index (Phi) is 4.18. The van der Waals surface area contributed by atoms with Crippen LogP contribution in [0, 0.1) is 5.92 Å². The number of halogens is 3. The fourth-order valence-corrected chi connectivity index (χ4v) is 3.69. The highest BCUT2D eigenvalue weighted by molar-refractivity contribution is 7.13. The number of fused-ring (bicyclic) bond motifs is 1. The molecule has 1 aliphatic rings. The lowest BCUT2D eigenvalue weighted by Crippen LogP contribution is -2.40. The minimum atomic E-state index is -4.42. The molecule has 1 N–H and O–H groups in total. The van der Waals surface area contributed by atoms with Crippen LogP contribution >= 0.6 is 11.3 Å². The lowest BCUT2D eigenvalue weighted by molar-refractivity contribution is -0.141. The maximum Gasteiger partial charge on any atom is 0.406 e. The fourth-order valence-electron chi connectivity index (χ4n) is 2.85. The first-order valence-electron chi connectivity index (χ1n) is 8.15. The highest BCUT2D eigenvalue weighted by Gasteiger charge is 2.37. The molecular formula is C17H17F3N4OS. The van der Waals surface area contributed by atoms with Gasteiger partial charge in [0.25, 0.3) is 5.91 Å². The lowest BCUT2D eigenvalue weighted by atomic mass is 10.2. The minimum absolute atomic E-state index is 0. The molecule has 0 unspecified atom stereocenters. The van der Waals surface area contributed by atoms with Crippen LogP contribution in [-0.2, 0) is 0 Å². The topological polar surface area (TPSA) is 61.9 Å². The van der Waals surface area contributed by atoms with Gasteiger partial charge >= 0.3 is 6.18 Å². The Balaban J connectivity index is 0.00000210. The second kappa shape index (κ2) is 6.39. The van der Waals surface area contributed by atoms with Gasteiger partial charge in [-0.25, -0.2) is 9.97 Å². The zero-order valence-electron chi connectivity index (χ0n) is 13.6. The minimum Gasteiger partial charge on any atom is -0.346 e. The highest BCUT2D eigenvalue weighted by atomic mass is 32.1. The van der Waals surface area contributed by atoms with E-state index in [2.05, 4.69) is 15.0 Å². The van der Waals surface area contributed by atoms with Crippen molar-refractivity contribution in [2.24, 2.45) is 5.92 Å². The third-order valence-corrected chi connectivity index (χ3v) is 5.12. The summed E-state index contributed by atoms with van der Waals surface area (Å²) in [5.41, 5.74) is 1.54. The molecule has 0 radical (unpaired) electrons. The Morgan fingerprint density at radius 1 is 1.38 bits per heavy atom. The van der Waals surface area contributed by atoms with E-state index in [1.54, 1.807) is 18.5 Å². The quantitative estimate of drug-likeness (QED) is 0.714. The first kappa shape index (κ1) is 17.0. The predicted molar refractivity (Wildman–Crippen MR) is 94.0 cm³/mol. The molecule has 4 rings (SSSR count). The van der Waals surface area contributed by atoms with Crippen LogP contribution in [0.2, 0.25) is 0 Å². The molecule has 26 heavy (non-hydrogen) atoms. The van der Waals surface area contributed by atoms with Crippen LogP contribution in [0.15, 0.2) is 29.9 Å². The summed E-state index contributed by atoms with van der Waals surface area (Å²) in [4.78, 5) is 25.0. The molecule has 0 bridgehead atoms. The molecule has 0 aliphatic heterocycles.